The van der Waals surface area contributed by atoms with Crippen LogP contribution in [0.5, 0.6) is 5.75 Å². The molecule has 1 unspecified atom stereocenters. The summed E-state index contributed by atoms with van der Waals surface area (Å²) in [6, 6.07) is 8.02. The van der Waals surface area contributed by atoms with Crippen molar-refractivity contribution in [3.8, 4) is 5.75 Å². The largest absolute Gasteiger partial charge is 0.496 e. The molecule has 1 fully saturated rings. The molecule has 1 aromatic carbocycles. The Morgan fingerprint density at radius 3 is 2.63 bits per heavy atom. The fourth-order valence-electron chi connectivity index (χ4n) is 3.39. The molecule has 9 heteroatoms. The fourth-order valence-corrected chi connectivity index (χ4v) is 3.39. The molecule has 1 aliphatic rings. The quantitative estimate of drug-likeness (QED) is 0.643. The lowest BCUT2D eigenvalue weighted by Crippen LogP contribution is -2.54. The number of esters is 1. The summed E-state index contributed by atoms with van der Waals surface area (Å²) < 4.78 is 10.1. The Kier molecular flexibility index (Phi) is 7.18. The second kappa shape index (κ2) is 10.0. The van der Waals surface area contributed by atoms with Gasteiger partial charge in [0.25, 0.3) is 5.91 Å². The molecule has 0 bridgehead atoms. The molecule has 9 nitrogen and oxygen atoms in total. The number of ether oxygens (including phenoxy) is 2. The Morgan fingerprint density at radius 2 is 1.93 bits per heavy atom. The number of carbonyl (C=O) groups excluding carboxylic acids is 3. The number of para-hydroxylation sites is 1. The van der Waals surface area contributed by atoms with Crippen LogP contribution in [0.1, 0.15) is 23.3 Å². The van der Waals surface area contributed by atoms with Gasteiger partial charge in [-0.3, -0.25) is 14.4 Å². The number of hydrogen-bond acceptors (Lipinski definition) is 7. The minimum atomic E-state index is -0.853. The summed E-state index contributed by atoms with van der Waals surface area (Å²) in [6.07, 6.45) is 0.166. The zero-order chi connectivity index (χ0) is 21.5. The van der Waals surface area contributed by atoms with Crippen molar-refractivity contribution >= 4 is 28.7 Å². The number of hydrogen-bond donors (Lipinski definition) is 2. The van der Waals surface area contributed by atoms with Crippen LogP contribution in [0.25, 0.3) is 10.9 Å². The molecule has 1 saturated heterocycles. The van der Waals surface area contributed by atoms with Gasteiger partial charge in [0.2, 0.25) is 5.91 Å². The third-order valence-corrected chi connectivity index (χ3v) is 5.03. The van der Waals surface area contributed by atoms with Crippen molar-refractivity contribution in [1.82, 2.24) is 20.5 Å². The van der Waals surface area contributed by atoms with Crippen LogP contribution < -0.4 is 15.4 Å². The maximum absolute atomic E-state index is 13.0. The number of rotatable bonds is 7. The minimum Gasteiger partial charge on any atom is -0.496 e. The molecule has 0 radical (unpaired) electrons. The summed E-state index contributed by atoms with van der Waals surface area (Å²) in [5, 5.41) is 6.72. The van der Waals surface area contributed by atoms with Gasteiger partial charge in [-0.05, 0) is 18.6 Å². The Hall–Kier alpha value is -3.20. The average Bonchev–Trinajstić information content (AvgIpc) is 2.80. The monoisotopic (exact) mass is 414 g/mol. The summed E-state index contributed by atoms with van der Waals surface area (Å²) in [6.45, 7) is 2.47. The van der Waals surface area contributed by atoms with Gasteiger partial charge in [-0.2, -0.15) is 0 Å². The zero-order valence-electron chi connectivity index (χ0n) is 17.1. The number of fused-ring (bicyclic) bond motifs is 1. The fraction of sp³-hybridized carbons (Fsp3) is 0.429. The molecule has 2 aromatic rings. The standard InChI is InChI=1S/C21H26N4O5/c1-29-18-13-17(23-15-6-4-3-5-14(15)18)20(27)24-16(7-8-19(26)30-2)21(28)25-11-9-22-10-12-25/h3-6,13,16,22H,7-12H2,1-2H3,(H,24,27). The minimum absolute atomic E-state index is 0.0216. The lowest BCUT2D eigenvalue weighted by atomic mass is 10.1. The van der Waals surface area contributed by atoms with Gasteiger partial charge >= 0.3 is 5.97 Å². The van der Waals surface area contributed by atoms with Crippen LogP contribution >= 0.6 is 0 Å². The van der Waals surface area contributed by atoms with Crippen molar-refractivity contribution in [2.45, 2.75) is 18.9 Å². The zero-order valence-corrected chi connectivity index (χ0v) is 17.1. The van der Waals surface area contributed by atoms with Crippen molar-refractivity contribution in [2.24, 2.45) is 0 Å². The van der Waals surface area contributed by atoms with Crippen LogP contribution in [0.2, 0.25) is 0 Å². The van der Waals surface area contributed by atoms with Gasteiger partial charge in [0.05, 0.1) is 19.7 Å². The van der Waals surface area contributed by atoms with Crippen molar-refractivity contribution in [3.63, 3.8) is 0 Å². The summed E-state index contributed by atoms with van der Waals surface area (Å²) in [5.41, 5.74) is 0.753. The van der Waals surface area contributed by atoms with E-state index in [0.717, 1.165) is 5.39 Å². The molecular weight excluding hydrogens is 388 g/mol. The van der Waals surface area contributed by atoms with Gasteiger partial charge in [-0.15, -0.1) is 0 Å². The highest BCUT2D eigenvalue weighted by molar-refractivity contribution is 5.99. The van der Waals surface area contributed by atoms with E-state index >= 15 is 0 Å². The van der Waals surface area contributed by atoms with Crippen LogP contribution in [0.4, 0.5) is 0 Å². The highest BCUT2D eigenvalue weighted by Gasteiger charge is 2.28. The van der Waals surface area contributed by atoms with E-state index in [1.165, 1.54) is 14.2 Å². The van der Waals surface area contributed by atoms with Crippen LogP contribution in [0.3, 0.4) is 0 Å². The predicted octanol–water partition coefficient (Wildman–Crippen LogP) is 0.727. The maximum atomic E-state index is 13.0. The molecule has 3 rings (SSSR count). The molecule has 0 aliphatic carbocycles. The third-order valence-electron chi connectivity index (χ3n) is 5.03. The van der Waals surface area contributed by atoms with E-state index in [1.54, 1.807) is 17.0 Å². The number of piperazine rings is 1. The van der Waals surface area contributed by atoms with Gasteiger partial charge in [0, 0.05) is 44.1 Å². The molecule has 160 valence electrons. The van der Waals surface area contributed by atoms with Crippen molar-refractivity contribution in [2.75, 3.05) is 40.4 Å². The van der Waals surface area contributed by atoms with Crippen LogP contribution in [-0.4, -0.2) is 74.1 Å². The maximum Gasteiger partial charge on any atom is 0.305 e. The number of nitrogens with zero attached hydrogens (tertiary/aromatic N) is 2. The molecule has 2 N–H and O–H groups in total. The number of nitrogens with one attached hydrogen (secondary N) is 2. The molecule has 1 aliphatic heterocycles. The van der Waals surface area contributed by atoms with E-state index in [1.807, 2.05) is 18.2 Å². The highest BCUT2D eigenvalue weighted by Crippen LogP contribution is 2.25. The summed E-state index contributed by atoms with van der Waals surface area (Å²) in [4.78, 5) is 43.6. The first-order chi connectivity index (χ1) is 14.5. The second-order valence-corrected chi connectivity index (χ2v) is 6.94. The van der Waals surface area contributed by atoms with Crippen LogP contribution in [0.15, 0.2) is 30.3 Å². The molecule has 0 saturated carbocycles. The average molecular weight is 414 g/mol. The Bertz CT molecular complexity index is 927. The molecule has 1 atom stereocenters. The Labute approximate surface area is 174 Å². The number of methoxy groups -OCH3 is 2. The van der Waals surface area contributed by atoms with E-state index in [-0.39, 0.29) is 24.4 Å². The smallest absolute Gasteiger partial charge is 0.305 e. The lowest BCUT2D eigenvalue weighted by Gasteiger charge is -2.31. The number of benzene rings is 1. The van der Waals surface area contributed by atoms with Crippen LogP contribution in [0, 0.1) is 0 Å². The number of aromatic nitrogens is 1. The van der Waals surface area contributed by atoms with Crippen molar-refractivity contribution in [1.29, 1.82) is 0 Å². The van der Waals surface area contributed by atoms with E-state index in [9.17, 15) is 14.4 Å². The summed E-state index contributed by atoms with van der Waals surface area (Å²) in [7, 11) is 2.82. The van der Waals surface area contributed by atoms with E-state index in [0.29, 0.717) is 37.4 Å². The molecule has 1 aromatic heterocycles. The SMILES string of the molecule is COC(=O)CCC(NC(=O)c1cc(OC)c2ccccc2n1)C(=O)N1CCNCC1. The van der Waals surface area contributed by atoms with Crippen molar-refractivity contribution < 1.29 is 23.9 Å². The van der Waals surface area contributed by atoms with Gasteiger partial charge in [-0.25, -0.2) is 4.98 Å². The predicted molar refractivity (Wildman–Crippen MR) is 110 cm³/mol. The van der Waals surface area contributed by atoms with Gasteiger partial charge in [0.1, 0.15) is 17.5 Å². The normalized spacial score (nSPS) is 14.8. The molecule has 2 amide bonds. The highest BCUT2D eigenvalue weighted by atomic mass is 16.5. The van der Waals surface area contributed by atoms with E-state index < -0.39 is 17.9 Å². The van der Waals surface area contributed by atoms with E-state index in [2.05, 4.69) is 20.4 Å². The number of amides is 2. The topological polar surface area (TPSA) is 110 Å². The van der Waals surface area contributed by atoms with Crippen molar-refractivity contribution in [3.05, 3.63) is 36.0 Å². The lowest BCUT2D eigenvalue weighted by molar-refractivity contribution is -0.141. The first kappa shape index (κ1) is 21.5. The first-order valence-electron chi connectivity index (χ1n) is 9.84. The van der Waals surface area contributed by atoms with Gasteiger partial charge in [-0.1, -0.05) is 12.1 Å². The third kappa shape index (κ3) is 5.04. The second-order valence-electron chi connectivity index (χ2n) is 6.94. The van der Waals surface area contributed by atoms with Crippen LogP contribution in [-0.2, 0) is 14.3 Å². The molecule has 0 spiro atoms. The van der Waals surface area contributed by atoms with Gasteiger partial charge in [0.15, 0.2) is 0 Å². The molecule has 2 heterocycles. The van der Waals surface area contributed by atoms with Gasteiger partial charge < -0.3 is 25.0 Å². The first-order valence-corrected chi connectivity index (χ1v) is 9.84. The van der Waals surface area contributed by atoms with E-state index in [4.69, 9.17) is 4.74 Å². The summed E-state index contributed by atoms with van der Waals surface area (Å²) in [5.74, 6) is -0.642. The molecule has 30 heavy (non-hydrogen) atoms. The Morgan fingerprint density at radius 1 is 1.20 bits per heavy atom. The Balaban J connectivity index is 1.81. The summed E-state index contributed by atoms with van der Waals surface area (Å²) >= 11 is 0. The molecular formula is C21H26N4O5. The number of carbonyl (C=O) groups is 3. The number of pyridine rings is 1.